The molecule has 0 N–H and O–H groups in total. The number of Topliss-reactive ketones (excluding diaryl/α,β-unsaturated/α-hetero) is 1. The number of esters is 1. The Morgan fingerprint density at radius 3 is 2.61 bits per heavy atom. The Balaban J connectivity index is 2.38. The Morgan fingerprint density at radius 2 is 2.00 bits per heavy atom. The van der Waals surface area contributed by atoms with Crippen LogP contribution in [0.4, 0.5) is 4.39 Å². The number of methoxy groups -OCH3 is 1. The molecule has 0 saturated heterocycles. The molecule has 0 aliphatic heterocycles. The van der Waals surface area contributed by atoms with Gasteiger partial charge in [0, 0.05) is 12.8 Å². The molecular weight excluding hydrogens is 259 g/mol. The van der Waals surface area contributed by atoms with E-state index in [4.69, 9.17) is 11.6 Å². The molecule has 0 bridgehead atoms. The zero-order valence-electron chi connectivity index (χ0n) is 10.0. The highest BCUT2D eigenvalue weighted by molar-refractivity contribution is 6.30. The molecule has 0 spiro atoms. The van der Waals surface area contributed by atoms with E-state index in [1.807, 2.05) is 0 Å². The van der Waals surface area contributed by atoms with E-state index in [9.17, 15) is 14.0 Å². The van der Waals surface area contributed by atoms with Gasteiger partial charge in [0.1, 0.15) is 11.6 Å². The summed E-state index contributed by atoms with van der Waals surface area (Å²) in [6, 6.07) is 4.37. The smallest absolute Gasteiger partial charge is 0.305 e. The number of aryl methyl sites for hydroxylation is 1. The van der Waals surface area contributed by atoms with Crippen LogP contribution >= 0.6 is 11.6 Å². The highest BCUT2D eigenvalue weighted by Gasteiger charge is 2.08. The third kappa shape index (κ3) is 4.84. The maximum absolute atomic E-state index is 12.9. The monoisotopic (exact) mass is 272 g/mol. The van der Waals surface area contributed by atoms with Gasteiger partial charge in [0.15, 0.2) is 0 Å². The van der Waals surface area contributed by atoms with Gasteiger partial charge in [-0.15, -0.1) is 0 Å². The third-order valence-electron chi connectivity index (χ3n) is 2.51. The van der Waals surface area contributed by atoms with Crippen molar-refractivity contribution in [2.75, 3.05) is 7.11 Å². The van der Waals surface area contributed by atoms with Gasteiger partial charge < -0.3 is 4.74 Å². The van der Waals surface area contributed by atoms with E-state index in [1.165, 1.54) is 19.2 Å². The Hall–Kier alpha value is -1.42. The zero-order valence-corrected chi connectivity index (χ0v) is 10.8. The molecule has 18 heavy (non-hydrogen) atoms. The van der Waals surface area contributed by atoms with Crippen molar-refractivity contribution < 1.29 is 18.7 Å². The van der Waals surface area contributed by atoms with Crippen LogP contribution in [0.2, 0.25) is 5.02 Å². The van der Waals surface area contributed by atoms with Crippen molar-refractivity contribution in [2.24, 2.45) is 0 Å². The first-order chi connectivity index (χ1) is 8.52. The molecule has 1 rings (SSSR count). The number of hydrogen-bond acceptors (Lipinski definition) is 3. The molecule has 0 aliphatic carbocycles. The summed E-state index contributed by atoms with van der Waals surface area (Å²) in [7, 11) is 1.29. The minimum atomic E-state index is -0.475. The second-order valence-corrected chi connectivity index (χ2v) is 4.27. The molecule has 0 radical (unpaired) electrons. The fraction of sp³-hybridized carbons (Fsp3) is 0.385. The average Bonchev–Trinajstić information content (AvgIpc) is 2.37. The van der Waals surface area contributed by atoms with Gasteiger partial charge in [-0.05, 0) is 24.1 Å². The van der Waals surface area contributed by atoms with E-state index in [2.05, 4.69) is 4.74 Å². The number of ketones is 1. The quantitative estimate of drug-likeness (QED) is 0.748. The Morgan fingerprint density at radius 1 is 1.28 bits per heavy atom. The van der Waals surface area contributed by atoms with E-state index < -0.39 is 11.8 Å². The van der Waals surface area contributed by atoms with Crippen LogP contribution in [0.5, 0.6) is 0 Å². The first kappa shape index (κ1) is 14.6. The molecule has 0 unspecified atom stereocenters. The van der Waals surface area contributed by atoms with Crippen molar-refractivity contribution in [2.45, 2.75) is 25.7 Å². The maximum Gasteiger partial charge on any atom is 0.305 e. The van der Waals surface area contributed by atoms with Crippen molar-refractivity contribution in [3.63, 3.8) is 0 Å². The van der Waals surface area contributed by atoms with Crippen LogP contribution in [0, 0.1) is 5.82 Å². The lowest BCUT2D eigenvalue weighted by molar-refractivity contribution is -0.141. The first-order valence-electron chi connectivity index (χ1n) is 5.55. The third-order valence-corrected chi connectivity index (χ3v) is 2.80. The molecule has 0 atom stereocenters. The van der Waals surface area contributed by atoms with Gasteiger partial charge in [0.2, 0.25) is 0 Å². The molecule has 98 valence electrons. The molecule has 0 saturated carbocycles. The number of carbonyl (C=O) groups excluding carboxylic acids is 2. The fourth-order valence-electron chi connectivity index (χ4n) is 1.45. The highest BCUT2D eigenvalue weighted by atomic mass is 35.5. The van der Waals surface area contributed by atoms with Crippen LogP contribution in [-0.2, 0) is 20.7 Å². The molecule has 0 aliphatic rings. The Bertz CT molecular complexity index is 446. The van der Waals surface area contributed by atoms with E-state index in [-0.39, 0.29) is 23.6 Å². The van der Waals surface area contributed by atoms with E-state index in [1.54, 1.807) is 6.07 Å². The van der Waals surface area contributed by atoms with Crippen molar-refractivity contribution >= 4 is 23.4 Å². The molecule has 0 fully saturated rings. The second-order valence-electron chi connectivity index (χ2n) is 3.86. The molecule has 1 aromatic carbocycles. The maximum atomic E-state index is 12.9. The van der Waals surface area contributed by atoms with Gasteiger partial charge in [-0.1, -0.05) is 17.7 Å². The number of carbonyl (C=O) groups is 2. The summed E-state index contributed by atoms with van der Waals surface area (Å²) in [5.41, 5.74) is 0.799. The minimum Gasteiger partial charge on any atom is -0.469 e. The van der Waals surface area contributed by atoms with Crippen LogP contribution in [-0.4, -0.2) is 18.9 Å². The summed E-state index contributed by atoms with van der Waals surface area (Å²) in [5, 5.41) is 0.0505. The van der Waals surface area contributed by atoms with Crippen molar-refractivity contribution in [3.05, 3.63) is 34.6 Å². The summed E-state index contributed by atoms with van der Waals surface area (Å²) in [6.07, 6.45) is 1.06. The summed E-state index contributed by atoms with van der Waals surface area (Å²) in [6.45, 7) is 0. The Kier molecular flexibility index (Phi) is 5.78. The summed E-state index contributed by atoms with van der Waals surface area (Å²) in [4.78, 5) is 22.3. The largest absolute Gasteiger partial charge is 0.469 e. The van der Waals surface area contributed by atoms with Crippen LogP contribution in [0.25, 0.3) is 0 Å². The number of ether oxygens (including phenoxy) is 1. The van der Waals surface area contributed by atoms with Crippen molar-refractivity contribution in [1.82, 2.24) is 0 Å². The topological polar surface area (TPSA) is 43.4 Å². The molecular formula is C13H14ClFO3. The molecule has 5 heteroatoms. The number of benzene rings is 1. The lowest BCUT2D eigenvalue weighted by atomic mass is 10.1. The van der Waals surface area contributed by atoms with Crippen molar-refractivity contribution in [1.29, 1.82) is 0 Å². The van der Waals surface area contributed by atoms with Gasteiger partial charge in [0.05, 0.1) is 18.6 Å². The van der Waals surface area contributed by atoms with E-state index >= 15 is 0 Å². The van der Waals surface area contributed by atoms with Gasteiger partial charge in [-0.25, -0.2) is 4.39 Å². The van der Waals surface area contributed by atoms with Crippen LogP contribution in [0.3, 0.4) is 0 Å². The first-order valence-corrected chi connectivity index (χ1v) is 5.93. The van der Waals surface area contributed by atoms with Crippen molar-refractivity contribution in [3.8, 4) is 0 Å². The van der Waals surface area contributed by atoms with Gasteiger partial charge in [0.25, 0.3) is 0 Å². The van der Waals surface area contributed by atoms with Gasteiger partial charge in [-0.2, -0.15) is 0 Å². The SMILES string of the molecule is COC(=O)CCC(=O)CCc1ccc(F)c(Cl)c1. The Labute approximate surface area is 110 Å². The predicted octanol–water partition coefficient (Wildman–Crippen LogP) is 2.93. The van der Waals surface area contributed by atoms with E-state index in [0.29, 0.717) is 12.8 Å². The standard InChI is InChI=1S/C13H14ClFO3/c1-18-13(17)7-5-10(16)4-2-9-3-6-12(15)11(14)8-9/h3,6,8H,2,4-5,7H2,1H3. The normalized spacial score (nSPS) is 10.2. The second kappa shape index (κ2) is 7.11. The summed E-state index contributed by atoms with van der Waals surface area (Å²) < 4.78 is 17.3. The minimum absolute atomic E-state index is 0.0270. The molecule has 1 aromatic rings. The zero-order chi connectivity index (χ0) is 13.5. The molecule has 0 heterocycles. The lowest BCUT2D eigenvalue weighted by Gasteiger charge is -2.02. The number of halogens is 2. The number of rotatable bonds is 6. The molecule has 0 amide bonds. The molecule has 3 nitrogen and oxygen atoms in total. The molecule has 0 aromatic heterocycles. The van der Waals surface area contributed by atoms with Crippen LogP contribution in [0.15, 0.2) is 18.2 Å². The van der Waals surface area contributed by atoms with E-state index in [0.717, 1.165) is 5.56 Å². The van der Waals surface area contributed by atoms with Crippen LogP contribution in [0.1, 0.15) is 24.8 Å². The fourth-order valence-corrected chi connectivity index (χ4v) is 1.65. The van der Waals surface area contributed by atoms with Gasteiger partial charge in [-0.3, -0.25) is 9.59 Å². The van der Waals surface area contributed by atoms with Gasteiger partial charge >= 0.3 is 5.97 Å². The summed E-state index contributed by atoms with van der Waals surface area (Å²) in [5.74, 6) is -0.897. The number of hydrogen-bond donors (Lipinski definition) is 0. The summed E-state index contributed by atoms with van der Waals surface area (Å²) >= 11 is 5.63. The average molecular weight is 273 g/mol. The predicted molar refractivity (Wildman–Crippen MR) is 66.0 cm³/mol. The highest BCUT2D eigenvalue weighted by Crippen LogP contribution is 2.17. The lowest BCUT2D eigenvalue weighted by Crippen LogP contribution is -2.06. The van der Waals surface area contributed by atoms with Crippen LogP contribution < -0.4 is 0 Å².